The maximum Gasteiger partial charge on any atom is 0.193 e. The molecule has 0 N–H and O–H groups in total. The highest BCUT2D eigenvalue weighted by Crippen LogP contribution is 2.38. The van der Waals surface area contributed by atoms with Crippen LogP contribution in [0.5, 0.6) is 0 Å². The quantitative estimate of drug-likeness (QED) is 0.786. The third kappa shape index (κ3) is 2.20. The first-order valence-electron chi connectivity index (χ1n) is 7.66. The van der Waals surface area contributed by atoms with Crippen molar-refractivity contribution in [3.63, 3.8) is 0 Å². The Morgan fingerprint density at radius 3 is 2.62 bits per heavy atom. The maximum atomic E-state index is 12.9. The zero-order chi connectivity index (χ0) is 14.2. The second-order valence-electron chi connectivity index (χ2n) is 6.02. The van der Waals surface area contributed by atoms with E-state index >= 15 is 0 Å². The Hall–Kier alpha value is -1.93. The summed E-state index contributed by atoms with van der Waals surface area (Å²) in [5.74, 6) is 0.718. The van der Waals surface area contributed by atoms with Gasteiger partial charge in [0.1, 0.15) is 0 Å². The summed E-state index contributed by atoms with van der Waals surface area (Å²) in [5.41, 5.74) is 5.25. The number of rotatable bonds is 3. The standard InChI is InChI=1S/C19H18O2/c20-19(14-8-9-15-11-21-12-16(15)10-14)18-7-2-1-6-17(18)13-4-3-5-13/h1-2,6-10,13H,3-5,11-12H2. The number of carbonyl (C=O) groups excluding carboxylic acids is 1. The molecule has 0 amide bonds. The van der Waals surface area contributed by atoms with E-state index in [1.54, 1.807) is 0 Å². The molecule has 2 aromatic rings. The van der Waals surface area contributed by atoms with Gasteiger partial charge >= 0.3 is 0 Å². The summed E-state index contributed by atoms with van der Waals surface area (Å²) in [5, 5.41) is 0. The summed E-state index contributed by atoms with van der Waals surface area (Å²) in [6.07, 6.45) is 3.70. The van der Waals surface area contributed by atoms with Crippen LogP contribution < -0.4 is 0 Å². The van der Waals surface area contributed by atoms with E-state index in [4.69, 9.17) is 4.74 Å². The van der Waals surface area contributed by atoms with Gasteiger partial charge in [0.05, 0.1) is 13.2 Å². The highest BCUT2D eigenvalue weighted by molar-refractivity contribution is 6.10. The van der Waals surface area contributed by atoms with Crippen LogP contribution in [-0.2, 0) is 18.0 Å². The highest BCUT2D eigenvalue weighted by Gasteiger charge is 2.25. The van der Waals surface area contributed by atoms with Crippen LogP contribution in [0.2, 0.25) is 0 Å². The molecule has 21 heavy (non-hydrogen) atoms. The third-order valence-corrected chi connectivity index (χ3v) is 4.73. The number of fused-ring (bicyclic) bond motifs is 1. The highest BCUT2D eigenvalue weighted by atomic mass is 16.5. The normalized spacial score (nSPS) is 17.3. The molecule has 4 rings (SSSR count). The zero-order valence-corrected chi connectivity index (χ0v) is 12.0. The van der Waals surface area contributed by atoms with Crippen LogP contribution in [0.3, 0.4) is 0 Å². The van der Waals surface area contributed by atoms with E-state index in [1.807, 2.05) is 36.4 Å². The van der Waals surface area contributed by atoms with E-state index in [0.717, 1.165) is 16.7 Å². The van der Waals surface area contributed by atoms with Crippen molar-refractivity contribution in [1.29, 1.82) is 0 Å². The molecule has 0 bridgehead atoms. The first kappa shape index (κ1) is 12.8. The van der Waals surface area contributed by atoms with Crippen molar-refractivity contribution < 1.29 is 9.53 Å². The average molecular weight is 278 g/mol. The molecule has 1 aliphatic carbocycles. The molecule has 0 atom stereocenters. The minimum Gasteiger partial charge on any atom is -0.372 e. The minimum atomic E-state index is 0.146. The van der Waals surface area contributed by atoms with Gasteiger partial charge in [-0.05, 0) is 41.5 Å². The average Bonchev–Trinajstić information content (AvgIpc) is 2.92. The van der Waals surface area contributed by atoms with Crippen LogP contribution in [0, 0.1) is 0 Å². The number of ketones is 1. The SMILES string of the molecule is O=C(c1ccc2c(c1)COC2)c1ccccc1C1CCC1. The van der Waals surface area contributed by atoms with Gasteiger partial charge in [0.15, 0.2) is 5.78 Å². The molecular weight excluding hydrogens is 260 g/mol. The molecule has 2 aromatic carbocycles. The van der Waals surface area contributed by atoms with E-state index in [0.29, 0.717) is 19.1 Å². The fraction of sp³-hybridized carbons (Fsp3) is 0.316. The van der Waals surface area contributed by atoms with E-state index in [1.165, 1.54) is 30.4 Å². The molecule has 0 aromatic heterocycles. The van der Waals surface area contributed by atoms with Gasteiger partial charge in [0.2, 0.25) is 0 Å². The van der Waals surface area contributed by atoms with Gasteiger partial charge in [-0.3, -0.25) is 4.79 Å². The summed E-state index contributed by atoms with van der Waals surface area (Å²) in [7, 11) is 0. The number of carbonyl (C=O) groups is 1. The Bertz CT molecular complexity index is 698. The van der Waals surface area contributed by atoms with Crippen molar-refractivity contribution in [2.75, 3.05) is 0 Å². The molecule has 2 heteroatoms. The predicted molar refractivity (Wildman–Crippen MR) is 81.4 cm³/mol. The molecule has 2 aliphatic rings. The monoisotopic (exact) mass is 278 g/mol. The fourth-order valence-electron chi connectivity index (χ4n) is 3.25. The molecule has 1 saturated carbocycles. The van der Waals surface area contributed by atoms with E-state index < -0.39 is 0 Å². The Labute approximate surface area is 124 Å². The van der Waals surface area contributed by atoms with Crippen LogP contribution in [0.25, 0.3) is 0 Å². The van der Waals surface area contributed by atoms with Crippen molar-refractivity contribution in [2.45, 2.75) is 38.4 Å². The fourth-order valence-corrected chi connectivity index (χ4v) is 3.25. The van der Waals surface area contributed by atoms with Crippen molar-refractivity contribution in [3.05, 3.63) is 70.3 Å². The summed E-state index contributed by atoms with van der Waals surface area (Å²) < 4.78 is 5.43. The van der Waals surface area contributed by atoms with Gasteiger partial charge in [0, 0.05) is 11.1 Å². The smallest absolute Gasteiger partial charge is 0.193 e. The first-order valence-corrected chi connectivity index (χ1v) is 7.66. The Balaban J connectivity index is 1.71. The molecule has 0 spiro atoms. The molecule has 1 fully saturated rings. The number of hydrogen-bond donors (Lipinski definition) is 0. The summed E-state index contributed by atoms with van der Waals surface area (Å²) >= 11 is 0. The first-order chi connectivity index (χ1) is 10.3. The van der Waals surface area contributed by atoms with Crippen LogP contribution in [-0.4, -0.2) is 5.78 Å². The Morgan fingerprint density at radius 2 is 1.81 bits per heavy atom. The van der Waals surface area contributed by atoms with Crippen molar-refractivity contribution in [3.8, 4) is 0 Å². The lowest BCUT2D eigenvalue weighted by atomic mass is 9.77. The second kappa shape index (κ2) is 5.12. The largest absolute Gasteiger partial charge is 0.372 e. The van der Waals surface area contributed by atoms with E-state index in [9.17, 15) is 4.79 Å². The van der Waals surface area contributed by atoms with Gasteiger partial charge in [-0.1, -0.05) is 42.8 Å². The van der Waals surface area contributed by atoms with Crippen LogP contribution in [0.1, 0.15) is 57.8 Å². The molecule has 0 radical (unpaired) electrons. The summed E-state index contributed by atoms with van der Waals surface area (Å²) in [6, 6.07) is 14.1. The molecule has 1 aliphatic heterocycles. The summed E-state index contributed by atoms with van der Waals surface area (Å²) in [4.78, 5) is 12.9. The van der Waals surface area contributed by atoms with E-state index in [2.05, 4.69) is 6.07 Å². The predicted octanol–water partition coefficient (Wildman–Crippen LogP) is 4.22. The molecule has 106 valence electrons. The number of benzene rings is 2. The lowest BCUT2D eigenvalue weighted by Crippen LogP contribution is -2.14. The van der Waals surface area contributed by atoms with Crippen LogP contribution in [0.4, 0.5) is 0 Å². The summed E-state index contributed by atoms with van der Waals surface area (Å²) in [6.45, 7) is 1.29. The van der Waals surface area contributed by atoms with E-state index in [-0.39, 0.29) is 5.78 Å². The van der Waals surface area contributed by atoms with Crippen molar-refractivity contribution >= 4 is 5.78 Å². The van der Waals surface area contributed by atoms with Crippen LogP contribution in [0.15, 0.2) is 42.5 Å². The minimum absolute atomic E-state index is 0.146. The second-order valence-corrected chi connectivity index (χ2v) is 6.02. The Kier molecular flexibility index (Phi) is 3.12. The van der Waals surface area contributed by atoms with Crippen LogP contribution >= 0.6 is 0 Å². The molecule has 0 unspecified atom stereocenters. The molecule has 2 nitrogen and oxygen atoms in total. The van der Waals surface area contributed by atoms with Gasteiger partial charge in [-0.15, -0.1) is 0 Å². The topological polar surface area (TPSA) is 26.3 Å². The molecule has 1 heterocycles. The molecular formula is C19H18O2. The lowest BCUT2D eigenvalue weighted by Gasteiger charge is -2.27. The van der Waals surface area contributed by atoms with Gasteiger partial charge in [0.25, 0.3) is 0 Å². The molecule has 0 saturated heterocycles. The van der Waals surface area contributed by atoms with Gasteiger partial charge in [-0.25, -0.2) is 0 Å². The third-order valence-electron chi connectivity index (χ3n) is 4.73. The Morgan fingerprint density at radius 1 is 1.00 bits per heavy atom. The lowest BCUT2D eigenvalue weighted by molar-refractivity contribution is 0.103. The maximum absolute atomic E-state index is 12.9. The zero-order valence-electron chi connectivity index (χ0n) is 12.0. The number of hydrogen-bond acceptors (Lipinski definition) is 2. The van der Waals surface area contributed by atoms with Gasteiger partial charge < -0.3 is 4.74 Å². The number of ether oxygens (including phenoxy) is 1. The van der Waals surface area contributed by atoms with Crippen molar-refractivity contribution in [2.24, 2.45) is 0 Å². The van der Waals surface area contributed by atoms with Crippen molar-refractivity contribution in [1.82, 2.24) is 0 Å². The van der Waals surface area contributed by atoms with Gasteiger partial charge in [-0.2, -0.15) is 0 Å².